The quantitative estimate of drug-likeness (QED) is 0.840. The molecule has 2 unspecified atom stereocenters. The normalized spacial score (nSPS) is 25.9. The van der Waals surface area contributed by atoms with E-state index in [9.17, 15) is 4.79 Å². The van der Waals surface area contributed by atoms with Crippen LogP contribution in [-0.2, 0) is 6.42 Å². The van der Waals surface area contributed by atoms with E-state index in [2.05, 4.69) is 25.2 Å². The number of nitrogens with zero attached hydrogens (tertiary/aromatic N) is 1. The summed E-state index contributed by atoms with van der Waals surface area (Å²) in [6.45, 7) is 7.31. The minimum absolute atomic E-state index is 0.190. The first-order valence-electron chi connectivity index (χ1n) is 7.31. The van der Waals surface area contributed by atoms with E-state index in [0.717, 1.165) is 49.6 Å². The van der Waals surface area contributed by atoms with Crippen LogP contribution in [0.2, 0.25) is 0 Å². The van der Waals surface area contributed by atoms with E-state index in [0.29, 0.717) is 5.92 Å². The first kappa shape index (κ1) is 12.5. The second-order valence-corrected chi connectivity index (χ2v) is 6.04. The van der Waals surface area contributed by atoms with E-state index < -0.39 is 0 Å². The molecule has 3 heteroatoms. The summed E-state index contributed by atoms with van der Waals surface area (Å²) in [7, 11) is 0. The Kier molecular flexibility index (Phi) is 3.21. The Morgan fingerprint density at radius 1 is 1.32 bits per heavy atom. The van der Waals surface area contributed by atoms with E-state index in [4.69, 9.17) is 0 Å². The van der Waals surface area contributed by atoms with Crippen LogP contribution in [0.4, 0.5) is 5.69 Å². The standard InChI is InChI=1S/C16H22N2O/c1-11-6-8-18(10-12(11)2)16(19)14-4-3-13-5-7-17-15(13)9-14/h3-4,9,11-12,17H,5-8,10H2,1-2H3. The van der Waals surface area contributed by atoms with Gasteiger partial charge in [-0.2, -0.15) is 0 Å². The maximum Gasteiger partial charge on any atom is 0.253 e. The fourth-order valence-electron chi connectivity index (χ4n) is 3.05. The van der Waals surface area contributed by atoms with Crippen LogP contribution in [0.1, 0.15) is 36.2 Å². The lowest BCUT2D eigenvalue weighted by atomic mass is 9.88. The Labute approximate surface area is 115 Å². The van der Waals surface area contributed by atoms with Crippen molar-refractivity contribution in [3.05, 3.63) is 29.3 Å². The van der Waals surface area contributed by atoms with E-state index in [1.54, 1.807) is 0 Å². The molecule has 2 atom stereocenters. The van der Waals surface area contributed by atoms with Crippen molar-refractivity contribution in [3.63, 3.8) is 0 Å². The Bertz CT molecular complexity index is 498. The minimum atomic E-state index is 0.190. The van der Waals surface area contributed by atoms with Gasteiger partial charge in [0, 0.05) is 30.9 Å². The zero-order valence-corrected chi connectivity index (χ0v) is 11.8. The lowest BCUT2D eigenvalue weighted by Crippen LogP contribution is -2.42. The smallest absolute Gasteiger partial charge is 0.253 e. The molecule has 1 N–H and O–H groups in total. The van der Waals surface area contributed by atoms with Crippen molar-refractivity contribution in [1.29, 1.82) is 0 Å². The van der Waals surface area contributed by atoms with Crippen molar-refractivity contribution in [3.8, 4) is 0 Å². The third-order valence-corrected chi connectivity index (χ3v) is 4.69. The van der Waals surface area contributed by atoms with Gasteiger partial charge in [-0.05, 0) is 42.4 Å². The van der Waals surface area contributed by atoms with Crippen LogP contribution < -0.4 is 5.32 Å². The molecule has 1 fully saturated rings. The predicted octanol–water partition coefficient (Wildman–Crippen LogP) is 2.77. The van der Waals surface area contributed by atoms with Gasteiger partial charge in [0.1, 0.15) is 0 Å². The number of amides is 1. The van der Waals surface area contributed by atoms with Crippen LogP contribution in [0.25, 0.3) is 0 Å². The summed E-state index contributed by atoms with van der Waals surface area (Å²) >= 11 is 0. The third-order valence-electron chi connectivity index (χ3n) is 4.69. The number of carbonyl (C=O) groups is 1. The van der Waals surface area contributed by atoms with Gasteiger partial charge in [-0.3, -0.25) is 4.79 Å². The lowest BCUT2D eigenvalue weighted by Gasteiger charge is -2.35. The number of hydrogen-bond donors (Lipinski definition) is 1. The van der Waals surface area contributed by atoms with E-state index >= 15 is 0 Å². The van der Waals surface area contributed by atoms with Crippen molar-refractivity contribution >= 4 is 11.6 Å². The average Bonchev–Trinajstić information content (AvgIpc) is 2.88. The molecule has 2 heterocycles. The Morgan fingerprint density at radius 2 is 2.16 bits per heavy atom. The Hall–Kier alpha value is -1.51. The number of benzene rings is 1. The van der Waals surface area contributed by atoms with Crippen LogP contribution in [0.5, 0.6) is 0 Å². The van der Waals surface area contributed by atoms with Crippen LogP contribution in [-0.4, -0.2) is 30.4 Å². The van der Waals surface area contributed by atoms with Gasteiger partial charge in [0.05, 0.1) is 0 Å². The van der Waals surface area contributed by atoms with Crippen LogP contribution in [0.15, 0.2) is 18.2 Å². The molecule has 1 amide bonds. The molecule has 3 rings (SSSR count). The number of rotatable bonds is 1. The monoisotopic (exact) mass is 258 g/mol. The largest absolute Gasteiger partial charge is 0.384 e. The minimum Gasteiger partial charge on any atom is -0.384 e. The summed E-state index contributed by atoms with van der Waals surface area (Å²) in [5, 5.41) is 3.34. The first-order chi connectivity index (χ1) is 9.15. The molecule has 102 valence electrons. The summed E-state index contributed by atoms with van der Waals surface area (Å²) in [4.78, 5) is 14.6. The highest BCUT2D eigenvalue weighted by molar-refractivity contribution is 5.95. The molecular formula is C16H22N2O. The molecule has 0 saturated carbocycles. The van der Waals surface area contributed by atoms with E-state index in [1.807, 2.05) is 17.0 Å². The number of carbonyl (C=O) groups excluding carboxylic acids is 1. The third kappa shape index (κ3) is 2.34. The second kappa shape index (κ2) is 4.87. The molecule has 0 spiro atoms. The van der Waals surface area contributed by atoms with Crippen molar-refractivity contribution in [2.75, 3.05) is 25.0 Å². The number of nitrogens with one attached hydrogen (secondary N) is 1. The van der Waals surface area contributed by atoms with Crippen molar-refractivity contribution < 1.29 is 4.79 Å². The summed E-state index contributed by atoms with van der Waals surface area (Å²) < 4.78 is 0. The van der Waals surface area contributed by atoms with Gasteiger partial charge >= 0.3 is 0 Å². The van der Waals surface area contributed by atoms with Crippen molar-refractivity contribution in [2.45, 2.75) is 26.7 Å². The summed E-state index contributed by atoms with van der Waals surface area (Å²) in [5.41, 5.74) is 3.30. The van der Waals surface area contributed by atoms with E-state index in [1.165, 1.54) is 5.56 Å². The number of fused-ring (bicyclic) bond motifs is 1. The molecule has 1 aromatic carbocycles. The number of likely N-dealkylation sites (tertiary alicyclic amines) is 1. The zero-order chi connectivity index (χ0) is 13.4. The number of hydrogen-bond acceptors (Lipinski definition) is 2. The Balaban J connectivity index is 1.77. The van der Waals surface area contributed by atoms with Gasteiger partial charge in [-0.25, -0.2) is 0 Å². The van der Waals surface area contributed by atoms with Crippen LogP contribution >= 0.6 is 0 Å². The Morgan fingerprint density at radius 3 is 2.95 bits per heavy atom. The molecule has 3 nitrogen and oxygen atoms in total. The maximum absolute atomic E-state index is 12.5. The second-order valence-electron chi connectivity index (χ2n) is 6.04. The topological polar surface area (TPSA) is 32.3 Å². The molecular weight excluding hydrogens is 236 g/mol. The highest BCUT2D eigenvalue weighted by Gasteiger charge is 2.27. The molecule has 0 radical (unpaired) electrons. The molecule has 2 aliphatic heterocycles. The predicted molar refractivity (Wildman–Crippen MR) is 77.5 cm³/mol. The first-order valence-corrected chi connectivity index (χ1v) is 7.31. The van der Waals surface area contributed by atoms with Gasteiger partial charge in [0.2, 0.25) is 0 Å². The van der Waals surface area contributed by atoms with Gasteiger partial charge in [0.15, 0.2) is 0 Å². The number of piperidine rings is 1. The molecule has 19 heavy (non-hydrogen) atoms. The molecule has 1 saturated heterocycles. The molecule has 1 aromatic rings. The number of anilines is 1. The van der Waals surface area contributed by atoms with Gasteiger partial charge in [0.25, 0.3) is 5.91 Å². The SMILES string of the molecule is CC1CCN(C(=O)c2ccc3c(c2)NCC3)CC1C. The summed E-state index contributed by atoms with van der Waals surface area (Å²) in [6, 6.07) is 6.10. The van der Waals surface area contributed by atoms with Crippen molar-refractivity contribution in [1.82, 2.24) is 4.90 Å². The zero-order valence-electron chi connectivity index (χ0n) is 11.8. The van der Waals surface area contributed by atoms with Gasteiger partial charge < -0.3 is 10.2 Å². The average molecular weight is 258 g/mol. The van der Waals surface area contributed by atoms with Crippen LogP contribution in [0, 0.1) is 11.8 Å². The van der Waals surface area contributed by atoms with Crippen LogP contribution in [0.3, 0.4) is 0 Å². The lowest BCUT2D eigenvalue weighted by molar-refractivity contribution is 0.0627. The molecule has 0 aromatic heterocycles. The molecule has 0 aliphatic carbocycles. The molecule has 0 bridgehead atoms. The highest BCUT2D eigenvalue weighted by atomic mass is 16.2. The highest BCUT2D eigenvalue weighted by Crippen LogP contribution is 2.26. The van der Waals surface area contributed by atoms with Gasteiger partial charge in [-0.15, -0.1) is 0 Å². The maximum atomic E-state index is 12.5. The fraction of sp³-hybridized carbons (Fsp3) is 0.562. The summed E-state index contributed by atoms with van der Waals surface area (Å²) in [5.74, 6) is 1.52. The van der Waals surface area contributed by atoms with Crippen molar-refractivity contribution in [2.24, 2.45) is 11.8 Å². The van der Waals surface area contributed by atoms with Gasteiger partial charge in [-0.1, -0.05) is 19.9 Å². The summed E-state index contributed by atoms with van der Waals surface area (Å²) in [6.07, 6.45) is 2.19. The fourth-order valence-corrected chi connectivity index (χ4v) is 3.05. The molecule has 2 aliphatic rings. The van der Waals surface area contributed by atoms with E-state index in [-0.39, 0.29) is 5.91 Å².